The molecule has 2 N–H and O–H groups in total. The van der Waals surface area contributed by atoms with Crippen LogP contribution in [0.3, 0.4) is 0 Å². The zero-order chi connectivity index (χ0) is 14.3. The summed E-state index contributed by atoms with van der Waals surface area (Å²) < 4.78 is 0. The number of aryl methyl sites for hydroxylation is 1. The Labute approximate surface area is 121 Å². The zero-order valence-electron chi connectivity index (χ0n) is 11.8. The van der Waals surface area contributed by atoms with Crippen molar-refractivity contribution < 1.29 is 4.79 Å². The molecule has 19 heavy (non-hydrogen) atoms. The Hall–Kier alpha value is -1.00. The van der Waals surface area contributed by atoms with E-state index in [9.17, 15) is 4.79 Å². The Balaban J connectivity index is 2.21. The molecule has 0 bridgehead atoms. The number of thiol groups is 1. The van der Waals surface area contributed by atoms with Crippen LogP contribution >= 0.6 is 12.6 Å². The summed E-state index contributed by atoms with van der Waals surface area (Å²) in [6.45, 7) is 0. The third-order valence-electron chi connectivity index (χ3n) is 3.25. The third kappa shape index (κ3) is 6.12. The van der Waals surface area contributed by atoms with Crippen LogP contribution in [0.1, 0.15) is 31.2 Å². The van der Waals surface area contributed by atoms with Crippen LogP contribution in [0.2, 0.25) is 0 Å². The molecule has 1 atom stereocenters. The average molecular weight is 280 g/mol. The Bertz CT molecular complexity index is 390. The molecule has 0 amide bonds. The lowest BCUT2D eigenvalue weighted by Crippen LogP contribution is -2.26. The van der Waals surface area contributed by atoms with Crippen LogP contribution in [0.4, 0.5) is 5.69 Å². The third-order valence-corrected chi connectivity index (χ3v) is 3.58. The first-order valence-electron chi connectivity index (χ1n) is 6.75. The molecular weight excluding hydrogens is 256 g/mol. The molecule has 0 saturated carbocycles. The predicted octanol–water partition coefficient (Wildman–Crippen LogP) is 2.64. The maximum atomic E-state index is 10.9. The Morgan fingerprint density at radius 1 is 1.21 bits per heavy atom. The Morgan fingerprint density at radius 3 is 2.37 bits per heavy atom. The van der Waals surface area contributed by atoms with Gasteiger partial charge in [0.25, 0.3) is 0 Å². The number of unbranched alkanes of at least 4 members (excludes halogenated alkanes) is 2. The highest BCUT2D eigenvalue weighted by Crippen LogP contribution is 2.14. The van der Waals surface area contributed by atoms with E-state index in [-0.39, 0.29) is 5.12 Å². The first kappa shape index (κ1) is 16.1. The van der Waals surface area contributed by atoms with Gasteiger partial charge in [0.15, 0.2) is 0 Å². The molecule has 1 aromatic rings. The minimum Gasteiger partial charge on any atom is -0.378 e. The number of benzene rings is 1. The van der Waals surface area contributed by atoms with Gasteiger partial charge in [0, 0.05) is 19.8 Å². The van der Waals surface area contributed by atoms with Crippen LogP contribution in [0.25, 0.3) is 0 Å². The van der Waals surface area contributed by atoms with E-state index in [4.69, 9.17) is 5.73 Å². The van der Waals surface area contributed by atoms with E-state index in [1.54, 1.807) is 0 Å². The molecule has 0 aliphatic rings. The molecule has 0 fully saturated rings. The van der Waals surface area contributed by atoms with Crippen LogP contribution < -0.4 is 10.6 Å². The molecule has 0 saturated heterocycles. The number of hydrogen-bond donors (Lipinski definition) is 2. The SMILES string of the molecule is CN(C)c1ccc(CCCCC[C@H](N)C(=O)S)cc1. The van der Waals surface area contributed by atoms with Gasteiger partial charge >= 0.3 is 0 Å². The van der Waals surface area contributed by atoms with E-state index in [1.165, 1.54) is 11.3 Å². The quantitative estimate of drug-likeness (QED) is 0.568. The highest BCUT2D eigenvalue weighted by Gasteiger charge is 2.07. The lowest BCUT2D eigenvalue weighted by Gasteiger charge is -2.12. The van der Waals surface area contributed by atoms with E-state index in [0.29, 0.717) is 0 Å². The molecule has 0 aliphatic carbocycles. The van der Waals surface area contributed by atoms with Gasteiger partial charge in [-0.2, -0.15) is 0 Å². The van der Waals surface area contributed by atoms with Gasteiger partial charge < -0.3 is 10.6 Å². The van der Waals surface area contributed by atoms with Crippen molar-refractivity contribution in [2.75, 3.05) is 19.0 Å². The van der Waals surface area contributed by atoms with Crippen molar-refractivity contribution in [3.8, 4) is 0 Å². The fraction of sp³-hybridized carbons (Fsp3) is 0.533. The molecule has 4 heteroatoms. The van der Waals surface area contributed by atoms with E-state index in [2.05, 4.69) is 41.8 Å². The second-order valence-electron chi connectivity index (χ2n) is 5.10. The van der Waals surface area contributed by atoms with E-state index in [1.807, 2.05) is 14.1 Å². The van der Waals surface area contributed by atoms with Crippen molar-refractivity contribution in [1.82, 2.24) is 0 Å². The van der Waals surface area contributed by atoms with Gasteiger partial charge in [0.1, 0.15) is 0 Å². The number of hydrogen-bond acceptors (Lipinski definition) is 3. The molecule has 0 spiro atoms. The van der Waals surface area contributed by atoms with Crippen LogP contribution in [0, 0.1) is 0 Å². The molecule has 1 aromatic carbocycles. The van der Waals surface area contributed by atoms with Crippen molar-refractivity contribution in [2.45, 2.75) is 38.1 Å². The van der Waals surface area contributed by atoms with Crippen LogP contribution in [-0.2, 0) is 11.2 Å². The lowest BCUT2D eigenvalue weighted by atomic mass is 10.0. The average Bonchev–Trinajstić information content (AvgIpc) is 2.38. The molecule has 0 radical (unpaired) electrons. The first-order valence-corrected chi connectivity index (χ1v) is 7.20. The van der Waals surface area contributed by atoms with Crippen LogP contribution in [-0.4, -0.2) is 25.3 Å². The molecule has 0 aromatic heterocycles. The molecule has 1 rings (SSSR count). The maximum absolute atomic E-state index is 10.9. The lowest BCUT2D eigenvalue weighted by molar-refractivity contribution is -0.112. The van der Waals surface area contributed by atoms with Gasteiger partial charge in [-0.15, -0.1) is 12.6 Å². The smallest absolute Gasteiger partial charge is 0.202 e. The fourth-order valence-electron chi connectivity index (χ4n) is 1.95. The van der Waals surface area contributed by atoms with E-state index in [0.717, 1.165) is 32.1 Å². The predicted molar refractivity (Wildman–Crippen MR) is 84.9 cm³/mol. The topological polar surface area (TPSA) is 46.3 Å². The summed E-state index contributed by atoms with van der Waals surface area (Å²) in [6.07, 6.45) is 5.04. The summed E-state index contributed by atoms with van der Waals surface area (Å²) in [4.78, 5) is 12.9. The highest BCUT2D eigenvalue weighted by molar-refractivity contribution is 7.96. The normalized spacial score (nSPS) is 12.2. The van der Waals surface area contributed by atoms with Crippen molar-refractivity contribution in [1.29, 1.82) is 0 Å². The second-order valence-corrected chi connectivity index (χ2v) is 5.55. The van der Waals surface area contributed by atoms with Gasteiger partial charge in [0.05, 0.1) is 6.04 Å². The molecular formula is C15H24N2OS. The molecule has 0 heterocycles. The second kappa shape index (κ2) is 8.23. The number of nitrogens with zero attached hydrogens (tertiary/aromatic N) is 1. The molecule has 106 valence electrons. The monoisotopic (exact) mass is 280 g/mol. The number of carbonyl (C=O) groups is 1. The summed E-state index contributed by atoms with van der Waals surface area (Å²) in [5.41, 5.74) is 8.21. The zero-order valence-corrected chi connectivity index (χ0v) is 12.7. The minimum atomic E-state index is -0.400. The summed E-state index contributed by atoms with van der Waals surface area (Å²) in [5.74, 6) is 0. The summed E-state index contributed by atoms with van der Waals surface area (Å²) >= 11 is 3.73. The Kier molecular flexibility index (Phi) is 6.95. The Morgan fingerprint density at radius 2 is 1.84 bits per heavy atom. The van der Waals surface area contributed by atoms with Crippen LogP contribution in [0.15, 0.2) is 24.3 Å². The number of anilines is 1. The van der Waals surface area contributed by atoms with Crippen molar-refractivity contribution >= 4 is 23.4 Å². The standard InChI is InChI=1S/C15H24N2OS/c1-17(2)13-10-8-12(9-11-13)6-4-3-5-7-14(16)15(18)19/h8-11,14H,3-7,16H2,1-2H3,(H,18,19)/t14-/m0/s1. The summed E-state index contributed by atoms with van der Waals surface area (Å²) in [5, 5.41) is -0.209. The van der Waals surface area contributed by atoms with E-state index >= 15 is 0 Å². The maximum Gasteiger partial charge on any atom is 0.202 e. The fourth-order valence-corrected chi connectivity index (χ4v) is 2.08. The highest BCUT2D eigenvalue weighted by atomic mass is 32.1. The summed E-state index contributed by atoms with van der Waals surface area (Å²) in [7, 11) is 4.09. The largest absolute Gasteiger partial charge is 0.378 e. The first-order chi connectivity index (χ1) is 9.00. The van der Waals surface area contributed by atoms with Gasteiger partial charge in [-0.25, -0.2) is 0 Å². The van der Waals surface area contributed by atoms with Crippen molar-refractivity contribution in [3.63, 3.8) is 0 Å². The van der Waals surface area contributed by atoms with Gasteiger partial charge in [-0.05, 0) is 37.0 Å². The van der Waals surface area contributed by atoms with Crippen molar-refractivity contribution in [3.05, 3.63) is 29.8 Å². The van der Waals surface area contributed by atoms with Gasteiger partial charge in [-0.1, -0.05) is 25.0 Å². The molecule has 0 unspecified atom stereocenters. The summed E-state index contributed by atoms with van der Waals surface area (Å²) in [6, 6.07) is 8.24. The number of nitrogens with two attached hydrogens (primary N) is 1. The van der Waals surface area contributed by atoms with Crippen LogP contribution in [0.5, 0.6) is 0 Å². The molecule has 3 nitrogen and oxygen atoms in total. The van der Waals surface area contributed by atoms with Gasteiger partial charge in [0.2, 0.25) is 5.12 Å². The van der Waals surface area contributed by atoms with Gasteiger partial charge in [-0.3, -0.25) is 4.79 Å². The van der Waals surface area contributed by atoms with Crippen molar-refractivity contribution in [2.24, 2.45) is 5.73 Å². The number of carbonyl (C=O) groups excluding carboxylic acids is 1. The number of rotatable bonds is 8. The minimum absolute atomic E-state index is 0.209. The molecule has 0 aliphatic heterocycles. The van der Waals surface area contributed by atoms with E-state index < -0.39 is 6.04 Å².